The van der Waals surface area contributed by atoms with Gasteiger partial charge in [0, 0.05) is 45.5 Å². The van der Waals surface area contributed by atoms with Crippen LogP contribution in [0.3, 0.4) is 0 Å². The molecule has 3 aliphatic rings. The first kappa shape index (κ1) is 47.0. The molecule has 3 N–H and O–H groups in total. The van der Waals surface area contributed by atoms with Crippen LogP contribution in [0.1, 0.15) is 110 Å². The lowest BCUT2D eigenvalue weighted by atomic mass is 9.81. The summed E-state index contributed by atoms with van der Waals surface area (Å²) in [5.41, 5.74) is 0.947. The number of piperidine rings is 1. The average molecular weight is 803 g/mol. The number of quaternary nitrogens is 1. The molecular weight excluding hydrogens is 729 g/mol. The fourth-order valence-corrected chi connectivity index (χ4v) is 8.57. The summed E-state index contributed by atoms with van der Waals surface area (Å²) in [6, 6.07) is 9.17. The summed E-state index contributed by atoms with van der Waals surface area (Å²) in [5, 5.41) is 31.1. The zero-order chi connectivity index (χ0) is 41.0. The molecule has 13 nitrogen and oxygen atoms in total. The van der Waals surface area contributed by atoms with Crippen LogP contribution in [0.4, 0.5) is 0 Å². The fourth-order valence-electron chi connectivity index (χ4n) is 8.57. The number of nitrogens with one attached hydrogen (secondary N) is 2. The Hall–Kier alpha value is -2.65. The Morgan fingerprint density at radius 1 is 0.982 bits per heavy atom. The van der Waals surface area contributed by atoms with Gasteiger partial charge in [-0.1, -0.05) is 96.0 Å². The van der Waals surface area contributed by atoms with Crippen molar-refractivity contribution in [3.63, 3.8) is 0 Å². The topological polar surface area (TPSA) is 159 Å². The van der Waals surface area contributed by atoms with E-state index in [9.17, 15) is 24.7 Å². The number of unbranched alkanes of at least 4 members (excludes halogenated alkanes) is 1. The number of hydrogen-bond acceptors (Lipinski definition) is 9. The number of hydrogen-bond donors (Lipinski definition) is 3. The van der Waals surface area contributed by atoms with Gasteiger partial charge in [0.05, 0.1) is 38.0 Å². The van der Waals surface area contributed by atoms with Crippen molar-refractivity contribution < 1.29 is 43.1 Å². The number of ether oxygens (including phenoxy) is 4. The molecule has 0 radical (unpaired) electrons. The van der Waals surface area contributed by atoms with Gasteiger partial charge in [-0.15, -0.1) is 0 Å². The van der Waals surface area contributed by atoms with Crippen LogP contribution in [0.2, 0.25) is 0 Å². The minimum Gasteiger partial charge on any atom is -0.633 e. The van der Waals surface area contributed by atoms with Crippen LogP contribution >= 0.6 is 0 Å². The van der Waals surface area contributed by atoms with Gasteiger partial charge < -0.3 is 49.4 Å². The van der Waals surface area contributed by atoms with Gasteiger partial charge >= 0.3 is 0 Å². The summed E-state index contributed by atoms with van der Waals surface area (Å²) in [7, 11) is 1.60. The lowest BCUT2D eigenvalue weighted by molar-refractivity contribution is -0.888. The van der Waals surface area contributed by atoms with E-state index in [2.05, 4.69) is 17.6 Å². The fraction of sp³-hybridized carbons (Fsp3) is 0.795. The zero-order valence-electron chi connectivity index (χ0n) is 35.4. The van der Waals surface area contributed by atoms with Gasteiger partial charge in [0.25, 0.3) is 5.91 Å². The molecule has 1 aliphatic carbocycles. The average Bonchev–Trinajstić information content (AvgIpc) is 3.22. The predicted molar refractivity (Wildman–Crippen MR) is 220 cm³/mol. The Kier molecular flexibility index (Phi) is 20.7. The molecule has 324 valence electrons. The largest absolute Gasteiger partial charge is 0.633 e. The molecule has 13 heteroatoms. The molecule has 0 unspecified atom stereocenters. The maximum Gasteiger partial charge on any atom is 0.252 e. The van der Waals surface area contributed by atoms with E-state index < -0.39 is 30.3 Å². The Morgan fingerprint density at radius 2 is 1.68 bits per heavy atom. The first-order valence-corrected chi connectivity index (χ1v) is 22.0. The van der Waals surface area contributed by atoms with E-state index in [0.29, 0.717) is 96.9 Å². The third-order valence-corrected chi connectivity index (χ3v) is 12.2. The molecule has 3 fully saturated rings. The lowest BCUT2D eigenvalue weighted by Gasteiger charge is -2.45. The van der Waals surface area contributed by atoms with Crippen molar-refractivity contribution in [1.82, 2.24) is 15.5 Å². The molecule has 4 rings (SSSR count). The third-order valence-electron chi connectivity index (χ3n) is 12.2. The van der Waals surface area contributed by atoms with Crippen molar-refractivity contribution in [2.24, 2.45) is 17.8 Å². The molecule has 0 spiro atoms. The number of amides is 3. The molecule has 57 heavy (non-hydrogen) atoms. The number of aliphatic hydroxyl groups excluding tert-OH is 1. The van der Waals surface area contributed by atoms with Crippen LogP contribution in [-0.4, -0.2) is 129 Å². The van der Waals surface area contributed by atoms with Crippen LogP contribution in [0, 0.1) is 23.0 Å². The van der Waals surface area contributed by atoms with Gasteiger partial charge in [-0.25, -0.2) is 0 Å². The number of nitrogens with zero attached hydrogens (tertiary/aromatic N) is 2. The van der Waals surface area contributed by atoms with Gasteiger partial charge in [0.2, 0.25) is 11.8 Å². The standard InChI is InChI=1S/C44H74N4O9/c1-5-6-18-40(57-41(30-35-16-11-8-12-17-35)44(52)47-22-19-36(20-23-47)56-32-54-4)43(51)46-38(29-34-14-9-7-10-15-34)39(49)31-37(33(2)3)42(50)45-21-13-24-48(53)25-27-55-28-26-48/h8,11-12,16-17,33-34,36-41,49H,5-7,9-10,13-15,18-32H2,1-4H3,(H,45,50)(H,46,51)/t37-,38-,39-,40-,41-/m0/s1. The number of methoxy groups -OCH3 is 1. The van der Waals surface area contributed by atoms with Crippen LogP contribution in [0.15, 0.2) is 30.3 Å². The minimum absolute atomic E-state index is 0.0206. The van der Waals surface area contributed by atoms with E-state index in [4.69, 9.17) is 18.9 Å². The summed E-state index contributed by atoms with van der Waals surface area (Å²) >= 11 is 0. The predicted octanol–water partition coefficient (Wildman–Crippen LogP) is 5.11. The van der Waals surface area contributed by atoms with Gasteiger partial charge in [-0.2, -0.15) is 0 Å². The third kappa shape index (κ3) is 16.1. The van der Waals surface area contributed by atoms with Crippen LogP contribution in [0.25, 0.3) is 0 Å². The highest BCUT2D eigenvalue weighted by Crippen LogP contribution is 2.30. The maximum absolute atomic E-state index is 14.4. The molecule has 2 aliphatic heterocycles. The van der Waals surface area contributed by atoms with E-state index in [0.717, 1.165) is 44.1 Å². The minimum atomic E-state index is -0.965. The number of morpholine rings is 1. The highest BCUT2D eigenvalue weighted by molar-refractivity contribution is 5.84. The van der Waals surface area contributed by atoms with Gasteiger partial charge in [-0.05, 0) is 49.5 Å². The van der Waals surface area contributed by atoms with Crippen LogP contribution < -0.4 is 10.6 Å². The van der Waals surface area contributed by atoms with Crippen molar-refractivity contribution in [3.8, 4) is 0 Å². The second-order valence-corrected chi connectivity index (χ2v) is 17.0. The first-order chi connectivity index (χ1) is 27.5. The summed E-state index contributed by atoms with van der Waals surface area (Å²) in [6.07, 6.45) is 7.91. The molecule has 1 aromatic rings. The molecule has 1 aromatic carbocycles. The molecular formula is C44H74N4O9. The van der Waals surface area contributed by atoms with E-state index in [-0.39, 0.29) is 47.6 Å². The molecule has 3 amide bonds. The van der Waals surface area contributed by atoms with Gasteiger partial charge in [0.15, 0.2) is 0 Å². The zero-order valence-corrected chi connectivity index (χ0v) is 35.4. The molecule has 5 atom stereocenters. The monoisotopic (exact) mass is 803 g/mol. The maximum atomic E-state index is 14.4. The highest BCUT2D eigenvalue weighted by Gasteiger charge is 2.36. The Bertz CT molecular complexity index is 1300. The van der Waals surface area contributed by atoms with Crippen LogP contribution in [-0.2, 0) is 39.8 Å². The highest BCUT2D eigenvalue weighted by atomic mass is 16.7. The molecule has 0 aromatic heterocycles. The number of benzene rings is 1. The number of likely N-dealkylation sites (tertiary alicyclic amines) is 1. The number of hydroxylamine groups is 3. The van der Waals surface area contributed by atoms with Crippen molar-refractivity contribution in [2.45, 2.75) is 141 Å². The number of carbonyl (C=O) groups is 3. The van der Waals surface area contributed by atoms with E-state index in [1.54, 1.807) is 7.11 Å². The Balaban J connectivity index is 1.46. The first-order valence-electron chi connectivity index (χ1n) is 22.0. The summed E-state index contributed by atoms with van der Waals surface area (Å²) < 4.78 is 22.5. The van der Waals surface area contributed by atoms with E-state index >= 15 is 0 Å². The summed E-state index contributed by atoms with van der Waals surface area (Å²) in [6.45, 7) is 9.90. The smallest absolute Gasteiger partial charge is 0.252 e. The van der Waals surface area contributed by atoms with Gasteiger partial charge in [-0.3, -0.25) is 14.4 Å². The van der Waals surface area contributed by atoms with Gasteiger partial charge in [0.1, 0.15) is 32.1 Å². The Labute approximate surface area is 342 Å². The normalized spacial score (nSPS) is 20.7. The number of carbonyl (C=O) groups excluding carboxylic acids is 3. The second kappa shape index (κ2) is 25.1. The Morgan fingerprint density at radius 3 is 2.33 bits per heavy atom. The molecule has 1 saturated carbocycles. The van der Waals surface area contributed by atoms with E-state index in [1.165, 1.54) is 6.42 Å². The van der Waals surface area contributed by atoms with Crippen molar-refractivity contribution in [1.29, 1.82) is 0 Å². The lowest BCUT2D eigenvalue weighted by Crippen LogP contribution is -2.53. The molecule has 2 saturated heterocycles. The van der Waals surface area contributed by atoms with Crippen molar-refractivity contribution in [3.05, 3.63) is 41.1 Å². The number of aliphatic hydroxyl groups is 1. The second-order valence-electron chi connectivity index (χ2n) is 17.0. The summed E-state index contributed by atoms with van der Waals surface area (Å²) in [5.74, 6) is -0.791. The van der Waals surface area contributed by atoms with E-state index in [1.807, 2.05) is 49.1 Å². The number of rotatable bonds is 24. The van der Waals surface area contributed by atoms with Crippen molar-refractivity contribution >= 4 is 17.7 Å². The molecule has 0 bridgehead atoms. The molecule has 2 heterocycles. The quantitative estimate of drug-likeness (QED) is 0.0559. The summed E-state index contributed by atoms with van der Waals surface area (Å²) in [4.78, 5) is 44.0. The van der Waals surface area contributed by atoms with Crippen LogP contribution in [0.5, 0.6) is 0 Å². The SMILES string of the molecule is CCCC[C@H](O[C@@H](Cc1ccccc1)C(=O)N1CCC(OCOC)CC1)C(=O)N[C@@H](CC1CCCCC1)[C@@H](O)C[C@H](C(=O)NCCC[N+]1([O-])CCOCC1)C(C)C. The van der Waals surface area contributed by atoms with Crippen molar-refractivity contribution in [2.75, 3.05) is 66.4 Å².